The average molecular weight is 217 g/mol. The third-order valence-electron chi connectivity index (χ3n) is 4.05. The maximum atomic E-state index is 4.17. The van der Waals surface area contributed by atoms with E-state index in [1.165, 1.54) is 44.6 Å². The predicted octanol–water partition coefficient (Wildman–Crippen LogP) is 1.27. The molecule has 0 aromatic carbocycles. The first-order chi connectivity index (χ1) is 7.86. The van der Waals surface area contributed by atoms with Gasteiger partial charge in [0.25, 0.3) is 0 Å². The minimum Gasteiger partial charge on any atom is -0.316 e. The Kier molecular flexibility index (Phi) is 2.65. The van der Waals surface area contributed by atoms with Gasteiger partial charge in [-0.25, -0.2) is 0 Å². The number of nitrogens with zero attached hydrogens (tertiary/aromatic N) is 2. The predicted molar refractivity (Wildman–Crippen MR) is 64.1 cm³/mol. The zero-order valence-corrected chi connectivity index (χ0v) is 9.65. The zero-order chi connectivity index (χ0) is 10.8. The van der Waals surface area contributed by atoms with Crippen molar-refractivity contribution in [2.24, 2.45) is 5.41 Å². The number of hydrogen-bond donors (Lipinski definition) is 1. The number of piperidine rings is 1. The number of pyridine rings is 1. The summed E-state index contributed by atoms with van der Waals surface area (Å²) in [5.74, 6) is 0. The van der Waals surface area contributed by atoms with E-state index in [0.29, 0.717) is 5.41 Å². The molecule has 1 spiro atoms. The zero-order valence-electron chi connectivity index (χ0n) is 9.65. The summed E-state index contributed by atoms with van der Waals surface area (Å²) in [5, 5.41) is 3.41. The van der Waals surface area contributed by atoms with Crippen molar-refractivity contribution in [3.05, 3.63) is 30.1 Å². The lowest BCUT2D eigenvalue weighted by atomic mass is 9.73. The molecule has 0 aliphatic carbocycles. The molecule has 3 heteroatoms. The standard InChI is InChI=1S/C13H19N3/c1-2-12(8-14-5-1)9-16-6-3-13(4-7-16)10-15-11-13/h1-2,5,8,15H,3-4,6-7,9-11H2. The lowest BCUT2D eigenvalue weighted by molar-refractivity contribution is 0.0519. The van der Waals surface area contributed by atoms with Crippen LogP contribution in [0.4, 0.5) is 0 Å². The smallest absolute Gasteiger partial charge is 0.0312 e. The van der Waals surface area contributed by atoms with Gasteiger partial charge in [-0.15, -0.1) is 0 Å². The van der Waals surface area contributed by atoms with E-state index in [1.807, 2.05) is 18.5 Å². The number of hydrogen-bond acceptors (Lipinski definition) is 3. The van der Waals surface area contributed by atoms with Crippen LogP contribution < -0.4 is 5.32 Å². The van der Waals surface area contributed by atoms with Crippen molar-refractivity contribution < 1.29 is 0 Å². The van der Waals surface area contributed by atoms with Crippen molar-refractivity contribution in [2.75, 3.05) is 26.2 Å². The molecule has 0 saturated carbocycles. The molecule has 0 radical (unpaired) electrons. The Morgan fingerprint density at radius 1 is 1.31 bits per heavy atom. The molecule has 2 aliphatic rings. The number of aromatic nitrogens is 1. The first-order valence-electron chi connectivity index (χ1n) is 6.18. The van der Waals surface area contributed by atoms with Crippen LogP contribution in [-0.2, 0) is 6.54 Å². The van der Waals surface area contributed by atoms with E-state index in [-0.39, 0.29) is 0 Å². The van der Waals surface area contributed by atoms with Crippen molar-refractivity contribution in [1.82, 2.24) is 15.2 Å². The Hall–Kier alpha value is -0.930. The van der Waals surface area contributed by atoms with Crippen molar-refractivity contribution in [2.45, 2.75) is 19.4 Å². The van der Waals surface area contributed by atoms with Gasteiger partial charge in [0.15, 0.2) is 0 Å². The van der Waals surface area contributed by atoms with Crippen LogP contribution in [0.5, 0.6) is 0 Å². The lowest BCUT2D eigenvalue weighted by Gasteiger charge is -2.48. The highest BCUT2D eigenvalue weighted by Gasteiger charge is 2.39. The van der Waals surface area contributed by atoms with E-state index in [9.17, 15) is 0 Å². The molecule has 0 amide bonds. The monoisotopic (exact) mass is 217 g/mol. The first kappa shape index (κ1) is 10.2. The van der Waals surface area contributed by atoms with Gasteiger partial charge < -0.3 is 5.32 Å². The summed E-state index contributed by atoms with van der Waals surface area (Å²) in [5.41, 5.74) is 2.00. The molecule has 1 N–H and O–H groups in total. The number of rotatable bonds is 2. The van der Waals surface area contributed by atoms with Crippen LogP contribution in [0.15, 0.2) is 24.5 Å². The van der Waals surface area contributed by atoms with E-state index in [1.54, 1.807) is 0 Å². The van der Waals surface area contributed by atoms with Gasteiger partial charge in [-0.3, -0.25) is 9.88 Å². The maximum absolute atomic E-state index is 4.17. The molecule has 1 aromatic rings. The third kappa shape index (κ3) is 1.97. The minimum absolute atomic E-state index is 0.658. The SMILES string of the molecule is c1cncc(CN2CCC3(CC2)CNC3)c1. The Morgan fingerprint density at radius 2 is 2.12 bits per heavy atom. The third-order valence-corrected chi connectivity index (χ3v) is 4.05. The topological polar surface area (TPSA) is 28.2 Å². The molecule has 3 heterocycles. The highest BCUT2D eigenvalue weighted by molar-refractivity contribution is 5.08. The molecule has 0 unspecified atom stereocenters. The molecule has 0 bridgehead atoms. The van der Waals surface area contributed by atoms with Gasteiger partial charge in [-0.1, -0.05) is 6.07 Å². The second-order valence-corrected chi connectivity index (χ2v) is 5.24. The fraction of sp³-hybridized carbons (Fsp3) is 0.615. The van der Waals surface area contributed by atoms with Crippen molar-refractivity contribution >= 4 is 0 Å². The molecular weight excluding hydrogens is 198 g/mol. The van der Waals surface area contributed by atoms with Crippen molar-refractivity contribution in [3.8, 4) is 0 Å². The van der Waals surface area contributed by atoms with Crippen molar-refractivity contribution in [1.29, 1.82) is 0 Å². The number of nitrogens with one attached hydrogen (secondary N) is 1. The molecule has 1 aromatic heterocycles. The summed E-state index contributed by atoms with van der Waals surface area (Å²) in [4.78, 5) is 6.73. The Balaban J connectivity index is 1.54. The normalized spacial score (nSPS) is 24.2. The van der Waals surface area contributed by atoms with E-state index in [2.05, 4.69) is 21.3 Å². The van der Waals surface area contributed by atoms with Gasteiger partial charge in [0, 0.05) is 32.0 Å². The molecular formula is C13H19N3. The van der Waals surface area contributed by atoms with Crippen LogP contribution in [0.3, 0.4) is 0 Å². The van der Waals surface area contributed by atoms with Gasteiger partial charge in [0.1, 0.15) is 0 Å². The summed E-state index contributed by atoms with van der Waals surface area (Å²) in [6, 6.07) is 4.19. The summed E-state index contributed by atoms with van der Waals surface area (Å²) < 4.78 is 0. The van der Waals surface area contributed by atoms with Gasteiger partial charge in [0.2, 0.25) is 0 Å². The molecule has 3 nitrogen and oxygen atoms in total. The van der Waals surface area contributed by atoms with E-state index < -0.39 is 0 Å². The lowest BCUT2D eigenvalue weighted by Crippen LogP contribution is -2.58. The van der Waals surface area contributed by atoms with Crippen LogP contribution >= 0.6 is 0 Å². The van der Waals surface area contributed by atoms with Crippen LogP contribution in [0.1, 0.15) is 18.4 Å². The Labute approximate surface area is 96.9 Å². The molecule has 16 heavy (non-hydrogen) atoms. The van der Waals surface area contributed by atoms with E-state index in [0.717, 1.165) is 6.54 Å². The average Bonchev–Trinajstić information content (AvgIpc) is 2.29. The largest absolute Gasteiger partial charge is 0.316 e. The molecule has 2 fully saturated rings. The van der Waals surface area contributed by atoms with Crippen LogP contribution in [-0.4, -0.2) is 36.1 Å². The highest BCUT2D eigenvalue weighted by atomic mass is 15.1. The Bertz CT molecular complexity index is 335. The van der Waals surface area contributed by atoms with Crippen LogP contribution in [0.25, 0.3) is 0 Å². The fourth-order valence-electron chi connectivity index (χ4n) is 2.77. The van der Waals surface area contributed by atoms with Crippen LogP contribution in [0.2, 0.25) is 0 Å². The Morgan fingerprint density at radius 3 is 2.69 bits per heavy atom. The summed E-state index contributed by atoms with van der Waals surface area (Å²) in [6.07, 6.45) is 6.55. The van der Waals surface area contributed by atoms with Gasteiger partial charge in [-0.2, -0.15) is 0 Å². The summed E-state index contributed by atoms with van der Waals surface area (Å²) in [7, 11) is 0. The van der Waals surface area contributed by atoms with E-state index in [4.69, 9.17) is 0 Å². The minimum atomic E-state index is 0.658. The van der Waals surface area contributed by atoms with Gasteiger partial charge in [-0.05, 0) is 43.0 Å². The van der Waals surface area contributed by atoms with Gasteiger partial charge >= 0.3 is 0 Å². The molecule has 0 atom stereocenters. The molecule has 86 valence electrons. The van der Waals surface area contributed by atoms with E-state index >= 15 is 0 Å². The van der Waals surface area contributed by atoms with Crippen molar-refractivity contribution in [3.63, 3.8) is 0 Å². The summed E-state index contributed by atoms with van der Waals surface area (Å²) in [6.45, 7) is 6.05. The fourth-order valence-corrected chi connectivity index (χ4v) is 2.77. The quantitative estimate of drug-likeness (QED) is 0.808. The maximum Gasteiger partial charge on any atom is 0.0312 e. The molecule has 2 aliphatic heterocycles. The van der Waals surface area contributed by atoms with Crippen LogP contribution in [0, 0.1) is 5.41 Å². The molecule has 2 saturated heterocycles. The second kappa shape index (κ2) is 4.15. The number of likely N-dealkylation sites (tertiary alicyclic amines) is 1. The second-order valence-electron chi connectivity index (χ2n) is 5.24. The molecule has 3 rings (SSSR count). The first-order valence-corrected chi connectivity index (χ1v) is 6.18. The highest BCUT2D eigenvalue weighted by Crippen LogP contribution is 2.35. The summed E-state index contributed by atoms with van der Waals surface area (Å²) >= 11 is 0. The van der Waals surface area contributed by atoms with Gasteiger partial charge in [0.05, 0.1) is 0 Å².